The molecule has 3 aromatic carbocycles. The Balaban J connectivity index is 2.16. The Morgan fingerprint density at radius 1 is 0.846 bits per heavy atom. The summed E-state index contributed by atoms with van der Waals surface area (Å²) in [5.74, 6) is -0.783. The van der Waals surface area contributed by atoms with Crippen LogP contribution in [0.15, 0.2) is 78.9 Å². The molecule has 0 bridgehead atoms. The van der Waals surface area contributed by atoms with Gasteiger partial charge in [0.15, 0.2) is 0 Å². The molecule has 4 nitrogen and oxygen atoms in total. The molecule has 3 aromatic rings. The van der Waals surface area contributed by atoms with Gasteiger partial charge in [0.1, 0.15) is 0 Å². The normalized spacial score (nSPS) is 10.2. The van der Waals surface area contributed by atoms with Crippen molar-refractivity contribution in [2.75, 3.05) is 12.0 Å². The first-order valence-corrected chi connectivity index (χ1v) is 8.32. The predicted octanol–water partition coefficient (Wildman–Crippen LogP) is 5.11. The molecule has 0 spiro atoms. The van der Waals surface area contributed by atoms with Crippen molar-refractivity contribution in [3.63, 3.8) is 0 Å². The van der Waals surface area contributed by atoms with Gasteiger partial charge < -0.3 is 4.74 Å². The summed E-state index contributed by atoms with van der Waals surface area (Å²) in [5, 5.41) is 0.544. The van der Waals surface area contributed by atoms with E-state index in [1.807, 2.05) is 30.3 Å². The van der Waals surface area contributed by atoms with Gasteiger partial charge in [0.2, 0.25) is 0 Å². The Bertz CT molecular complexity index is 924. The Morgan fingerprint density at radius 3 is 2.12 bits per heavy atom. The third-order valence-electron chi connectivity index (χ3n) is 3.86. The zero-order valence-corrected chi connectivity index (χ0v) is 14.8. The first-order chi connectivity index (χ1) is 12.6. The van der Waals surface area contributed by atoms with Crippen LogP contribution >= 0.6 is 11.6 Å². The van der Waals surface area contributed by atoms with Crippen molar-refractivity contribution in [1.29, 1.82) is 0 Å². The monoisotopic (exact) mass is 365 g/mol. The van der Waals surface area contributed by atoms with Gasteiger partial charge >= 0.3 is 5.97 Å². The van der Waals surface area contributed by atoms with Crippen LogP contribution in [-0.4, -0.2) is 19.0 Å². The van der Waals surface area contributed by atoms with Gasteiger partial charge in [0.05, 0.1) is 18.4 Å². The lowest BCUT2D eigenvalue weighted by Gasteiger charge is -2.25. The standard InChI is InChI=1S/C21H16ClNO3/c1-26-21(25)18-9-5-6-10-19(18)23(17-7-3-2-4-8-17)20(24)15-11-13-16(22)14-12-15/h2-14H,1H3. The molecule has 0 aliphatic heterocycles. The second kappa shape index (κ2) is 7.85. The van der Waals surface area contributed by atoms with E-state index in [1.54, 1.807) is 48.5 Å². The Labute approximate surface area is 156 Å². The van der Waals surface area contributed by atoms with Gasteiger partial charge in [-0.15, -0.1) is 0 Å². The topological polar surface area (TPSA) is 46.6 Å². The third-order valence-corrected chi connectivity index (χ3v) is 4.11. The van der Waals surface area contributed by atoms with E-state index in [2.05, 4.69) is 0 Å². The molecule has 26 heavy (non-hydrogen) atoms. The minimum Gasteiger partial charge on any atom is -0.465 e. The van der Waals surface area contributed by atoms with Gasteiger partial charge in [-0.25, -0.2) is 4.79 Å². The van der Waals surface area contributed by atoms with E-state index in [4.69, 9.17) is 16.3 Å². The molecule has 130 valence electrons. The van der Waals surface area contributed by atoms with Crippen LogP contribution in [0.5, 0.6) is 0 Å². The highest BCUT2D eigenvalue weighted by molar-refractivity contribution is 6.30. The van der Waals surface area contributed by atoms with E-state index in [1.165, 1.54) is 12.0 Å². The molecule has 0 heterocycles. The summed E-state index contributed by atoms with van der Waals surface area (Å²) in [6.07, 6.45) is 0. The van der Waals surface area contributed by atoms with Crippen LogP contribution in [0, 0.1) is 0 Å². The number of ether oxygens (including phenoxy) is 1. The average Bonchev–Trinajstić information content (AvgIpc) is 2.69. The molecule has 0 aliphatic carbocycles. The smallest absolute Gasteiger partial charge is 0.339 e. The van der Waals surface area contributed by atoms with Gasteiger partial charge in [0, 0.05) is 16.3 Å². The number of carbonyl (C=O) groups is 2. The van der Waals surface area contributed by atoms with Gasteiger partial charge in [-0.05, 0) is 48.5 Å². The second-order valence-electron chi connectivity index (χ2n) is 5.49. The number of anilines is 2. The van der Waals surface area contributed by atoms with Gasteiger partial charge in [-0.2, -0.15) is 0 Å². The summed E-state index contributed by atoms with van der Waals surface area (Å²) in [6.45, 7) is 0. The fraction of sp³-hybridized carbons (Fsp3) is 0.0476. The molecule has 0 unspecified atom stereocenters. The highest BCUT2D eigenvalue weighted by atomic mass is 35.5. The number of esters is 1. The lowest BCUT2D eigenvalue weighted by Crippen LogP contribution is -2.27. The van der Waals surface area contributed by atoms with Crippen molar-refractivity contribution in [3.05, 3.63) is 95.0 Å². The van der Waals surface area contributed by atoms with E-state index >= 15 is 0 Å². The lowest BCUT2D eigenvalue weighted by molar-refractivity contribution is 0.0601. The molecule has 3 rings (SSSR count). The Hall–Kier alpha value is -3.11. The fourth-order valence-electron chi connectivity index (χ4n) is 2.62. The summed E-state index contributed by atoms with van der Waals surface area (Å²) in [5.41, 5.74) is 1.85. The van der Waals surface area contributed by atoms with Crippen molar-refractivity contribution in [3.8, 4) is 0 Å². The number of hydrogen-bond acceptors (Lipinski definition) is 3. The van der Waals surface area contributed by atoms with E-state index < -0.39 is 5.97 Å². The van der Waals surface area contributed by atoms with Crippen LogP contribution < -0.4 is 4.90 Å². The second-order valence-corrected chi connectivity index (χ2v) is 5.93. The highest BCUT2D eigenvalue weighted by Crippen LogP contribution is 2.31. The number of methoxy groups -OCH3 is 1. The van der Waals surface area contributed by atoms with Crippen molar-refractivity contribution in [1.82, 2.24) is 0 Å². The quantitative estimate of drug-likeness (QED) is 0.604. The molecule has 0 atom stereocenters. The van der Waals surface area contributed by atoms with Crippen molar-refractivity contribution in [2.45, 2.75) is 0 Å². The first-order valence-electron chi connectivity index (χ1n) is 7.94. The molecule has 0 aliphatic rings. The maximum atomic E-state index is 13.3. The number of para-hydroxylation sites is 2. The number of amides is 1. The number of nitrogens with zero attached hydrogens (tertiary/aromatic N) is 1. The predicted molar refractivity (Wildman–Crippen MR) is 102 cm³/mol. The largest absolute Gasteiger partial charge is 0.465 e. The molecule has 1 amide bonds. The van der Waals surface area contributed by atoms with Gasteiger partial charge in [-0.3, -0.25) is 9.69 Å². The van der Waals surface area contributed by atoms with Crippen LogP contribution in [0.25, 0.3) is 0 Å². The number of benzene rings is 3. The van der Waals surface area contributed by atoms with Crippen molar-refractivity contribution >= 4 is 34.9 Å². The van der Waals surface area contributed by atoms with Crippen molar-refractivity contribution < 1.29 is 14.3 Å². The highest BCUT2D eigenvalue weighted by Gasteiger charge is 2.24. The molecule has 5 heteroatoms. The maximum absolute atomic E-state index is 13.3. The van der Waals surface area contributed by atoms with Crippen LogP contribution in [0.1, 0.15) is 20.7 Å². The summed E-state index contributed by atoms with van der Waals surface area (Å²) in [4.78, 5) is 26.9. The summed E-state index contributed by atoms with van der Waals surface area (Å²) in [7, 11) is 1.31. The zero-order valence-electron chi connectivity index (χ0n) is 14.1. The number of rotatable bonds is 4. The van der Waals surface area contributed by atoms with E-state index in [9.17, 15) is 9.59 Å². The Kier molecular flexibility index (Phi) is 5.34. The Morgan fingerprint density at radius 2 is 1.46 bits per heavy atom. The van der Waals surface area contributed by atoms with E-state index in [0.29, 0.717) is 27.5 Å². The fourth-order valence-corrected chi connectivity index (χ4v) is 2.74. The van der Waals surface area contributed by atoms with Crippen LogP contribution in [0.3, 0.4) is 0 Å². The third kappa shape index (κ3) is 3.60. The summed E-state index contributed by atoms with van der Waals surface area (Å²) >= 11 is 5.93. The lowest BCUT2D eigenvalue weighted by atomic mass is 10.1. The molecule has 0 radical (unpaired) electrons. The molecule has 0 N–H and O–H groups in total. The van der Waals surface area contributed by atoms with Crippen LogP contribution in [0.2, 0.25) is 5.02 Å². The molecule has 0 fully saturated rings. The minimum atomic E-state index is -0.509. The number of hydrogen-bond donors (Lipinski definition) is 0. The minimum absolute atomic E-state index is 0.274. The molecular formula is C21H16ClNO3. The molecule has 0 aromatic heterocycles. The number of carbonyl (C=O) groups excluding carboxylic acids is 2. The van der Waals surface area contributed by atoms with E-state index in [0.717, 1.165) is 0 Å². The maximum Gasteiger partial charge on any atom is 0.339 e. The van der Waals surface area contributed by atoms with Crippen LogP contribution in [0.4, 0.5) is 11.4 Å². The summed E-state index contributed by atoms with van der Waals surface area (Å²) in [6, 6.07) is 22.6. The molecule has 0 saturated carbocycles. The van der Waals surface area contributed by atoms with Crippen molar-refractivity contribution in [2.24, 2.45) is 0 Å². The SMILES string of the molecule is COC(=O)c1ccccc1N(C(=O)c1ccc(Cl)cc1)c1ccccc1. The summed E-state index contributed by atoms with van der Waals surface area (Å²) < 4.78 is 4.87. The van der Waals surface area contributed by atoms with Crippen LogP contribution in [-0.2, 0) is 4.74 Å². The number of halogens is 1. The molecule has 0 saturated heterocycles. The van der Waals surface area contributed by atoms with Gasteiger partial charge in [0.25, 0.3) is 5.91 Å². The van der Waals surface area contributed by atoms with Gasteiger partial charge in [-0.1, -0.05) is 41.9 Å². The first kappa shape index (κ1) is 17.7. The average molecular weight is 366 g/mol. The zero-order chi connectivity index (χ0) is 18.5. The van der Waals surface area contributed by atoms with E-state index in [-0.39, 0.29) is 5.91 Å². The molecular weight excluding hydrogens is 350 g/mol.